The molecule has 1 heteroatoms. The van der Waals surface area contributed by atoms with E-state index < -0.39 is 0 Å². The number of rotatable bonds is 0. The largest absolute Gasteiger partial charge is 0.106 e. The van der Waals surface area contributed by atoms with Gasteiger partial charge in [-0.3, -0.25) is 0 Å². The van der Waals surface area contributed by atoms with Crippen LogP contribution in [0, 0.1) is 226 Å². The van der Waals surface area contributed by atoms with Crippen LogP contribution in [0.2, 0.25) is 5.82 Å². The van der Waals surface area contributed by atoms with E-state index in [1.54, 1.807) is 19.3 Å². The molecule has 0 heterocycles. The van der Waals surface area contributed by atoms with E-state index in [2.05, 4.69) is 63.2 Å². The molecule has 262 valence electrons. The van der Waals surface area contributed by atoms with Crippen LogP contribution in [-0.2, 0) is 0 Å². The van der Waals surface area contributed by atoms with Gasteiger partial charge in [-0.25, -0.2) is 0 Å². The van der Waals surface area contributed by atoms with E-state index in [0.717, 1.165) is 137 Å². The van der Waals surface area contributed by atoms with Crippen molar-refractivity contribution < 1.29 is 0 Å². The highest BCUT2D eigenvalue weighted by Gasteiger charge is 3.51. The van der Waals surface area contributed by atoms with Gasteiger partial charge in [-0.1, -0.05) is 61.2 Å². The molecule has 0 nitrogen and oxygen atoms in total. The minimum absolute atomic E-state index is 0.714. The van der Waals surface area contributed by atoms with Crippen molar-refractivity contribution in [1.82, 2.24) is 0 Å². The van der Waals surface area contributed by atoms with Crippen LogP contribution in [0.25, 0.3) is 0 Å². The quantitative estimate of drug-likeness (QED) is 0.243. The van der Waals surface area contributed by atoms with E-state index in [4.69, 9.17) is 0 Å². The Morgan fingerprint density at radius 1 is 0.283 bits per heavy atom. The van der Waals surface area contributed by atoms with Crippen LogP contribution in [0.5, 0.6) is 0 Å². The molecule has 0 aromatic rings. The molecular formula is C52H51B. The molecule has 28 saturated carbocycles. The van der Waals surface area contributed by atoms with Gasteiger partial charge >= 0.3 is 0 Å². The fraction of sp³-hybridized carbons (Fsp3) is 1.00. The van der Waals surface area contributed by atoms with Crippen LogP contribution in [0.4, 0.5) is 0 Å². The molecular weight excluding hydrogens is 635 g/mol. The molecule has 0 amide bonds. The van der Waals surface area contributed by atoms with Crippen LogP contribution in [-0.4, -0.2) is 7.85 Å². The van der Waals surface area contributed by atoms with Crippen molar-refractivity contribution in [1.29, 1.82) is 0 Å². The van der Waals surface area contributed by atoms with Crippen molar-refractivity contribution in [3.63, 3.8) is 0 Å². The Morgan fingerprint density at radius 2 is 0.679 bits per heavy atom. The topological polar surface area (TPSA) is 0 Å². The van der Waals surface area contributed by atoms with E-state index in [-0.39, 0.29) is 0 Å². The first-order valence-corrected chi connectivity index (χ1v) is 25.3. The first kappa shape index (κ1) is 22.4. The molecule has 0 aromatic carbocycles. The molecule has 0 N–H and O–H groups in total. The van der Waals surface area contributed by atoms with Gasteiger partial charge in [0.05, 0.1) is 0 Å². The Kier molecular flexibility index (Phi) is 1.56. The van der Waals surface area contributed by atoms with Gasteiger partial charge in [0.15, 0.2) is 0 Å². The summed E-state index contributed by atoms with van der Waals surface area (Å²) in [6.45, 7) is 25.6. The molecule has 53 heavy (non-hydrogen) atoms. The van der Waals surface area contributed by atoms with Gasteiger partial charge < -0.3 is 0 Å². The van der Waals surface area contributed by atoms with E-state index in [0.29, 0.717) is 5.41 Å². The maximum absolute atomic E-state index is 3.32. The zero-order valence-electron chi connectivity index (χ0n) is 33.1. The zero-order chi connectivity index (χ0) is 33.1. The minimum atomic E-state index is 0.714. The average Bonchev–Trinajstić information content (AvgIpc) is 3.26. The number of fused-ring (bicyclic) bond motifs is 14. The summed E-state index contributed by atoms with van der Waals surface area (Å²) < 4.78 is 0. The van der Waals surface area contributed by atoms with Crippen LogP contribution in [0.3, 0.4) is 0 Å². The molecule has 0 aliphatic heterocycles. The van der Waals surface area contributed by atoms with Crippen LogP contribution in [0.15, 0.2) is 0 Å². The second-order valence-electron chi connectivity index (χ2n) is 32.1. The van der Waals surface area contributed by atoms with Crippen molar-refractivity contribution in [3.05, 3.63) is 0 Å². The van der Waals surface area contributed by atoms with Crippen LogP contribution in [0.1, 0.15) is 74.7 Å². The van der Waals surface area contributed by atoms with E-state index in [1.807, 2.05) is 0 Å². The fourth-order valence-corrected chi connectivity index (χ4v) is 49.6. The lowest BCUT2D eigenvalue weighted by Crippen LogP contribution is -3.43. The molecule has 28 aliphatic carbocycles. The molecule has 28 fully saturated rings. The zero-order valence-corrected chi connectivity index (χ0v) is 33.1. The van der Waals surface area contributed by atoms with Gasteiger partial charge in [0.2, 0.25) is 0 Å². The molecule has 41 unspecified atom stereocenters. The highest BCUT2D eigenvalue weighted by Crippen LogP contribution is 3.52. The first-order chi connectivity index (χ1) is 25.3. The van der Waals surface area contributed by atoms with Gasteiger partial charge in [-0.15, -0.1) is 0 Å². The summed E-state index contributed by atoms with van der Waals surface area (Å²) in [6.07, 6.45) is 5.28. The van der Waals surface area contributed by atoms with E-state index in [1.165, 1.54) is 88.8 Å². The molecule has 41 atom stereocenters. The monoisotopic (exact) mass is 686 g/mol. The van der Waals surface area contributed by atoms with Gasteiger partial charge in [0.25, 0.3) is 0 Å². The molecule has 0 bridgehead atoms. The molecule has 28 aliphatic rings. The molecule has 28 rings (SSSR count). The van der Waals surface area contributed by atoms with Gasteiger partial charge in [0.1, 0.15) is 7.85 Å². The third kappa shape index (κ3) is 0.609. The lowest BCUT2D eigenvalue weighted by atomic mass is 8.58. The summed E-state index contributed by atoms with van der Waals surface area (Å²) in [6, 6.07) is 0. The van der Waals surface area contributed by atoms with Crippen molar-refractivity contribution >= 4 is 7.85 Å². The highest BCUT2D eigenvalue weighted by atomic mass is 15.5. The van der Waals surface area contributed by atoms with E-state index in [9.17, 15) is 0 Å². The van der Waals surface area contributed by atoms with Gasteiger partial charge in [-0.05, 0) is 245 Å². The smallest absolute Gasteiger partial charge is 0.0624 e. The lowest BCUT2D eigenvalue weighted by molar-refractivity contribution is -1.000. The lowest BCUT2D eigenvalue weighted by Gasteiger charge is -3.45. The van der Waals surface area contributed by atoms with Crippen molar-refractivity contribution in [3.8, 4) is 0 Å². The maximum atomic E-state index is 3.32. The molecule has 0 radical (unpaired) electrons. The summed E-state index contributed by atoms with van der Waals surface area (Å²) in [5.41, 5.74) is 18.2. The van der Waals surface area contributed by atoms with Crippen molar-refractivity contribution in [2.75, 3.05) is 0 Å². The predicted octanol–water partition coefficient (Wildman–Crippen LogP) is 6.91. The minimum Gasteiger partial charge on any atom is -0.0624 e. The Balaban J connectivity index is 0.883. The summed E-state index contributed by atoms with van der Waals surface area (Å²) in [5.74, 6) is 23.2. The first-order valence-electron chi connectivity index (χ1n) is 25.3. The normalized spacial score (nSPS) is 120. The summed E-state index contributed by atoms with van der Waals surface area (Å²) >= 11 is 0. The Hall–Kier alpha value is 0.0649. The van der Waals surface area contributed by atoms with Crippen LogP contribution < -0.4 is 0 Å². The number of hydrogen-bond donors (Lipinski definition) is 0. The Bertz CT molecular complexity index is 2920. The second-order valence-corrected chi connectivity index (χ2v) is 32.1. The standard InChI is InChI=1S/C52H51B/c1-31-12-9-17-20-29-30(53)21-16-11-15-19-23-27-25-28-24-26-22-18-14-10-13(12)39(14,31)44(18)33(31,3)35(5)41(17)37(7)42(20)38(8)43(29)36(6)34(4)32(21,2)40(15,16)45(19,34)47(23,36)52(27,43)49(25,38)51(28,42)48(24,37)50(26,41)46(22,35)44/h12-30H,9-11,53H2,1-8H3. The Labute approximate surface area is 312 Å². The third-order valence-corrected chi connectivity index (χ3v) is 41.6. The molecule has 0 aromatic heterocycles. The molecule has 0 saturated heterocycles. The fourth-order valence-electron chi connectivity index (χ4n) is 49.6. The van der Waals surface area contributed by atoms with Crippen molar-refractivity contribution in [2.24, 2.45) is 226 Å². The van der Waals surface area contributed by atoms with Gasteiger partial charge in [0, 0.05) is 0 Å². The van der Waals surface area contributed by atoms with Crippen LogP contribution >= 0.6 is 0 Å². The Morgan fingerprint density at radius 3 is 1.32 bits per heavy atom. The summed E-state index contributed by atoms with van der Waals surface area (Å²) in [5, 5.41) is 0. The molecule has 14 spiro atoms. The number of hydrogen-bond acceptors (Lipinski definition) is 0. The highest BCUT2D eigenvalue weighted by molar-refractivity contribution is 6.13. The SMILES string of the molecule is BC1C2C3CC4C5C6C7C8C9C%10C%11C%12C%13C%14CC%15C%16CC%17C%18C1C1%19C%20(C)C%21(C)C2(C)C34C5%21C6%20C71C81C%19(C)C%182C3(C)C%174C5(C)C6(C)C%16(C)C%15%14C%136C%125C%114C%103C921. The van der Waals surface area contributed by atoms with Crippen molar-refractivity contribution in [2.45, 2.75) is 80.5 Å². The predicted molar refractivity (Wildman–Crippen MR) is 188 cm³/mol. The summed E-state index contributed by atoms with van der Waals surface area (Å²) in [7, 11) is 3.12. The summed E-state index contributed by atoms with van der Waals surface area (Å²) in [4.78, 5) is 0. The van der Waals surface area contributed by atoms with Gasteiger partial charge in [-0.2, -0.15) is 0 Å². The van der Waals surface area contributed by atoms with E-state index >= 15 is 0 Å². The maximum Gasteiger partial charge on any atom is 0.106 e. The second kappa shape index (κ2) is 3.68. The average molecular weight is 687 g/mol. The third-order valence-electron chi connectivity index (χ3n) is 41.6.